The monoisotopic (exact) mass is 485 g/mol. The van der Waals surface area contributed by atoms with E-state index in [1.165, 1.54) is 6.92 Å². The smallest absolute Gasteiger partial charge is 0.331 e. The Hall–Kier alpha value is -3.81. The van der Waals surface area contributed by atoms with Crippen LogP contribution in [-0.4, -0.2) is 57.4 Å². The molecule has 0 unspecified atom stereocenters. The third kappa shape index (κ3) is 6.05. The van der Waals surface area contributed by atoms with Crippen molar-refractivity contribution in [3.8, 4) is 0 Å². The Morgan fingerprint density at radius 1 is 1.00 bits per heavy atom. The second-order valence-corrected chi connectivity index (χ2v) is 9.02. The van der Waals surface area contributed by atoms with E-state index in [9.17, 15) is 19.8 Å². The number of aliphatic carboxylic acids is 1. The van der Waals surface area contributed by atoms with Crippen LogP contribution in [0, 0.1) is 0 Å². The van der Waals surface area contributed by atoms with Gasteiger partial charge in [-0.25, -0.2) is 4.79 Å². The lowest BCUT2D eigenvalue weighted by Gasteiger charge is -2.24. The van der Waals surface area contributed by atoms with Gasteiger partial charge in [-0.3, -0.25) is 14.7 Å². The number of aliphatic hydroxyl groups is 1. The summed E-state index contributed by atoms with van der Waals surface area (Å²) in [5.41, 5.74) is 3.39. The number of aliphatic hydroxyl groups excluding tert-OH is 1. The molecule has 7 heteroatoms. The fraction of sp³-hybridized carbons (Fsp3) is 0.276. The van der Waals surface area contributed by atoms with Gasteiger partial charge in [0.2, 0.25) is 5.91 Å². The lowest BCUT2D eigenvalue weighted by Crippen LogP contribution is -2.39. The number of carbonyl (C=O) groups is 2. The van der Waals surface area contributed by atoms with Crippen molar-refractivity contribution >= 4 is 23.3 Å². The summed E-state index contributed by atoms with van der Waals surface area (Å²) in [6.45, 7) is 2.95. The topological polar surface area (TPSA) is 102 Å². The fourth-order valence-electron chi connectivity index (χ4n) is 4.55. The number of hydrogen-bond acceptors (Lipinski definition) is 5. The van der Waals surface area contributed by atoms with Crippen molar-refractivity contribution in [1.29, 1.82) is 0 Å². The first-order chi connectivity index (χ1) is 17.4. The molecule has 186 valence electrons. The van der Waals surface area contributed by atoms with E-state index in [0.717, 1.165) is 24.9 Å². The molecule has 1 fully saturated rings. The van der Waals surface area contributed by atoms with Crippen LogP contribution in [0.2, 0.25) is 0 Å². The van der Waals surface area contributed by atoms with Crippen LogP contribution in [0.5, 0.6) is 0 Å². The average molecular weight is 486 g/mol. The van der Waals surface area contributed by atoms with Crippen molar-refractivity contribution in [2.45, 2.75) is 44.5 Å². The van der Waals surface area contributed by atoms with Gasteiger partial charge >= 0.3 is 5.97 Å². The maximum Gasteiger partial charge on any atom is 0.331 e. The summed E-state index contributed by atoms with van der Waals surface area (Å²) in [7, 11) is 0. The first-order valence-corrected chi connectivity index (χ1v) is 12.2. The molecular weight excluding hydrogens is 454 g/mol. The van der Waals surface area contributed by atoms with Gasteiger partial charge in [0.25, 0.3) is 0 Å². The summed E-state index contributed by atoms with van der Waals surface area (Å²) in [5, 5.41) is 22.8. The Kier molecular flexibility index (Phi) is 8.25. The normalized spacial score (nSPS) is 17.9. The SMILES string of the molecule is C[C@H](O)[C@@H](N=C(c1ccccc1)c1ccccc1NC(=O)[C@@H]1CCCN1Cc1ccccc1)C(=O)O. The molecule has 1 aliphatic rings. The Morgan fingerprint density at radius 3 is 2.31 bits per heavy atom. The zero-order valence-corrected chi connectivity index (χ0v) is 20.2. The number of likely N-dealkylation sites (tertiary alicyclic amines) is 1. The van der Waals surface area contributed by atoms with Crippen LogP contribution in [0.25, 0.3) is 0 Å². The zero-order chi connectivity index (χ0) is 25.5. The number of aliphatic imine (C=N–C) groups is 1. The van der Waals surface area contributed by atoms with Crippen molar-refractivity contribution in [2.24, 2.45) is 4.99 Å². The van der Waals surface area contributed by atoms with E-state index >= 15 is 0 Å². The van der Waals surface area contributed by atoms with Crippen LogP contribution in [0.3, 0.4) is 0 Å². The zero-order valence-electron chi connectivity index (χ0n) is 20.2. The van der Waals surface area contributed by atoms with Gasteiger partial charge < -0.3 is 15.5 Å². The minimum atomic E-state index is -1.35. The molecule has 0 spiro atoms. The number of nitrogens with one attached hydrogen (secondary N) is 1. The van der Waals surface area contributed by atoms with Crippen LogP contribution in [-0.2, 0) is 16.1 Å². The van der Waals surface area contributed by atoms with Gasteiger partial charge in [-0.15, -0.1) is 0 Å². The van der Waals surface area contributed by atoms with Crippen molar-refractivity contribution in [3.63, 3.8) is 0 Å². The van der Waals surface area contributed by atoms with Crippen LogP contribution < -0.4 is 5.32 Å². The fourth-order valence-corrected chi connectivity index (χ4v) is 4.55. The molecule has 1 saturated heterocycles. The largest absolute Gasteiger partial charge is 0.480 e. The van der Waals surface area contributed by atoms with Gasteiger partial charge in [0.1, 0.15) is 0 Å². The number of rotatable bonds is 9. The van der Waals surface area contributed by atoms with Crippen molar-refractivity contribution in [2.75, 3.05) is 11.9 Å². The molecule has 3 aromatic rings. The molecule has 1 heterocycles. The molecule has 36 heavy (non-hydrogen) atoms. The highest BCUT2D eigenvalue weighted by atomic mass is 16.4. The molecule has 3 N–H and O–H groups in total. The van der Waals surface area contributed by atoms with Crippen molar-refractivity contribution in [1.82, 2.24) is 4.90 Å². The molecule has 1 amide bonds. The molecule has 0 bridgehead atoms. The predicted octanol–water partition coefficient (Wildman–Crippen LogP) is 3.96. The summed E-state index contributed by atoms with van der Waals surface area (Å²) >= 11 is 0. The standard InChI is InChI=1S/C29H31N3O4/c1-20(33)26(29(35)36)31-27(22-13-6-3-7-14-22)23-15-8-9-16-24(23)30-28(34)25-17-10-18-32(25)19-21-11-4-2-5-12-21/h2-9,11-16,20,25-26,33H,10,17-19H2,1H3,(H,30,34)(H,35,36)/t20-,25-,26+/m0/s1. The number of nitrogens with zero attached hydrogens (tertiary/aromatic N) is 2. The van der Waals surface area contributed by atoms with Crippen molar-refractivity contribution < 1.29 is 19.8 Å². The molecule has 3 atom stereocenters. The lowest BCUT2D eigenvalue weighted by atomic mass is 9.99. The number of carbonyl (C=O) groups excluding carboxylic acids is 1. The summed E-state index contributed by atoms with van der Waals surface area (Å²) in [6, 6.07) is 24.9. The molecule has 0 radical (unpaired) electrons. The van der Waals surface area contributed by atoms with Crippen LogP contribution in [0.4, 0.5) is 5.69 Å². The van der Waals surface area contributed by atoms with Crippen LogP contribution >= 0.6 is 0 Å². The van der Waals surface area contributed by atoms with E-state index in [1.54, 1.807) is 12.1 Å². The van der Waals surface area contributed by atoms with E-state index < -0.39 is 18.1 Å². The van der Waals surface area contributed by atoms with Gasteiger partial charge in [-0.1, -0.05) is 78.9 Å². The van der Waals surface area contributed by atoms with Crippen LogP contribution in [0.15, 0.2) is 89.9 Å². The quantitative estimate of drug-likeness (QED) is 0.398. The predicted molar refractivity (Wildman–Crippen MR) is 140 cm³/mol. The van der Waals surface area contributed by atoms with E-state index in [0.29, 0.717) is 29.1 Å². The van der Waals surface area contributed by atoms with Crippen LogP contribution in [0.1, 0.15) is 36.5 Å². The number of carboxylic acid groups (broad SMARTS) is 1. The molecule has 4 rings (SSSR count). The minimum absolute atomic E-state index is 0.103. The van der Waals surface area contributed by atoms with Gasteiger partial charge in [0, 0.05) is 17.7 Å². The maximum absolute atomic E-state index is 13.4. The number of amides is 1. The number of hydrogen-bond donors (Lipinski definition) is 3. The number of carboxylic acids is 1. The van der Waals surface area contributed by atoms with Gasteiger partial charge in [-0.05, 0) is 37.9 Å². The Morgan fingerprint density at radius 2 is 1.64 bits per heavy atom. The van der Waals surface area contributed by atoms with E-state index in [4.69, 9.17) is 0 Å². The van der Waals surface area contributed by atoms with E-state index in [1.807, 2.05) is 60.7 Å². The minimum Gasteiger partial charge on any atom is -0.480 e. The van der Waals surface area contributed by atoms with E-state index in [-0.39, 0.29) is 11.9 Å². The summed E-state index contributed by atoms with van der Waals surface area (Å²) in [6.07, 6.45) is 0.523. The highest BCUT2D eigenvalue weighted by Crippen LogP contribution is 2.25. The Labute approximate surface area is 211 Å². The van der Waals surface area contributed by atoms with Crippen molar-refractivity contribution in [3.05, 3.63) is 102 Å². The second-order valence-electron chi connectivity index (χ2n) is 9.02. The Bertz CT molecular complexity index is 1210. The highest BCUT2D eigenvalue weighted by Gasteiger charge is 2.31. The third-order valence-electron chi connectivity index (χ3n) is 6.36. The summed E-state index contributed by atoms with van der Waals surface area (Å²) in [5.74, 6) is -1.32. The van der Waals surface area contributed by atoms with Gasteiger partial charge in [-0.2, -0.15) is 0 Å². The number of benzene rings is 3. The average Bonchev–Trinajstić information content (AvgIpc) is 3.34. The van der Waals surface area contributed by atoms with Gasteiger partial charge in [0.05, 0.1) is 23.5 Å². The third-order valence-corrected chi connectivity index (χ3v) is 6.36. The summed E-state index contributed by atoms with van der Waals surface area (Å²) in [4.78, 5) is 31.9. The first kappa shape index (κ1) is 25.3. The molecule has 1 aliphatic heterocycles. The van der Waals surface area contributed by atoms with Gasteiger partial charge in [0.15, 0.2) is 6.04 Å². The molecule has 0 aliphatic carbocycles. The first-order valence-electron chi connectivity index (χ1n) is 12.2. The number of para-hydroxylation sites is 1. The van der Waals surface area contributed by atoms with E-state index in [2.05, 4.69) is 27.3 Å². The second kappa shape index (κ2) is 11.7. The summed E-state index contributed by atoms with van der Waals surface area (Å²) < 4.78 is 0. The highest BCUT2D eigenvalue weighted by molar-refractivity contribution is 6.17. The molecular formula is C29H31N3O4. The molecule has 0 aromatic heterocycles. The molecule has 7 nitrogen and oxygen atoms in total. The number of anilines is 1. The molecule has 3 aromatic carbocycles. The lowest BCUT2D eigenvalue weighted by molar-refractivity contribution is -0.140. The Balaban J connectivity index is 1.64. The maximum atomic E-state index is 13.4. The molecule has 0 saturated carbocycles.